The third-order valence-corrected chi connectivity index (χ3v) is 7.82. The molecule has 1 aliphatic carbocycles. The van der Waals surface area contributed by atoms with Crippen molar-refractivity contribution in [1.82, 2.24) is 20.3 Å². The zero-order valence-electron chi connectivity index (χ0n) is 19.8. The molecule has 1 aliphatic heterocycles. The molecule has 1 atom stereocenters. The van der Waals surface area contributed by atoms with Gasteiger partial charge in [-0.3, -0.25) is 9.78 Å². The van der Waals surface area contributed by atoms with Gasteiger partial charge >= 0.3 is 0 Å². The van der Waals surface area contributed by atoms with Crippen LogP contribution >= 0.6 is 0 Å². The van der Waals surface area contributed by atoms with Gasteiger partial charge in [0, 0.05) is 23.1 Å². The van der Waals surface area contributed by atoms with Crippen LogP contribution in [0.1, 0.15) is 66.2 Å². The Morgan fingerprint density at radius 3 is 2.66 bits per heavy atom. The van der Waals surface area contributed by atoms with Crippen molar-refractivity contribution in [3.8, 4) is 0 Å². The second kappa shape index (κ2) is 9.04. The van der Waals surface area contributed by atoms with E-state index in [0.29, 0.717) is 36.5 Å². The van der Waals surface area contributed by atoms with E-state index in [2.05, 4.69) is 28.3 Å². The maximum absolute atomic E-state index is 13.9. The van der Waals surface area contributed by atoms with Gasteiger partial charge in [0.1, 0.15) is 11.6 Å². The zero-order chi connectivity index (χ0) is 23.9. The normalized spacial score (nSPS) is 21.7. The highest BCUT2D eigenvalue weighted by Crippen LogP contribution is 2.43. The first-order valence-electron chi connectivity index (χ1n) is 12.5. The Morgan fingerprint density at radius 1 is 1.09 bits per heavy atom. The molecule has 0 spiro atoms. The van der Waals surface area contributed by atoms with Crippen LogP contribution in [0.5, 0.6) is 0 Å². The Hall–Kier alpha value is -3.32. The number of imidazole rings is 1. The number of carbonyl (C=O) groups is 1. The molecule has 180 valence electrons. The predicted octanol–water partition coefficient (Wildman–Crippen LogP) is 5.46. The van der Waals surface area contributed by atoms with Crippen LogP contribution in [0.2, 0.25) is 0 Å². The van der Waals surface area contributed by atoms with Crippen molar-refractivity contribution < 1.29 is 13.9 Å². The predicted molar refractivity (Wildman–Crippen MR) is 133 cm³/mol. The largest absolute Gasteiger partial charge is 0.377 e. The molecule has 2 fully saturated rings. The minimum Gasteiger partial charge on any atom is -0.377 e. The lowest BCUT2D eigenvalue weighted by Gasteiger charge is -2.32. The fraction of sp³-hybridized carbons (Fsp3) is 0.393. The van der Waals surface area contributed by atoms with E-state index in [1.54, 1.807) is 12.1 Å². The maximum atomic E-state index is 13.9. The minimum absolute atomic E-state index is 0.0776. The van der Waals surface area contributed by atoms with Crippen molar-refractivity contribution in [2.45, 2.75) is 50.5 Å². The zero-order valence-corrected chi connectivity index (χ0v) is 19.8. The second-order valence-electron chi connectivity index (χ2n) is 10.0. The summed E-state index contributed by atoms with van der Waals surface area (Å²) in [4.78, 5) is 25.2. The van der Waals surface area contributed by atoms with Crippen molar-refractivity contribution in [1.29, 1.82) is 0 Å². The molecule has 35 heavy (non-hydrogen) atoms. The quantitative estimate of drug-likeness (QED) is 0.404. The number of halogens is 1. The summed E-state index contributed by atoms with van der Waals surface area (Å²) in [5, 5.41) is 3.92. The summed E-state index contributed by atoms with van der Waals surface area (Å²) >= 11 is 0. The molecule has 6 rings (SSSR count). The number of pyridine rings is 1. The fourth-order valence-corrected chi connectivity index (χ4v) is 5.62. The molecular formula is C28H29FN4O2. The van der Waals surface area contributed by atoms with E-state index in [1.807, 2.05) is 24.4 Å². The number of hydrogen-bond acceptors (Lipinski definition) is 4. The molecule has 1 unspecified atom stereocenters. The highest BCUT2D eigenvalue weighted by atomic mass is 19.1. The van der Waals surface area contributed by atoms with Crippen molar-refractivity contribution >= 4 is 27.8 Å². The summed E-state index contributed by atoms with van der Waals surface area (Å²) in [6, 6.07) is 12.7. The van der Waals surface area contributed by atoms with E-state index in [9.17, 15) is 9.18 Å². The van der Waals surface area contributed by atoms with Crippen LogP contribution < -0.4 is 5.32 Å². The van der Waals surface area contributed by atoms with Crippen molar-refractivity contribution in [3.63, 3.8) is 0 Å². The van der Waals surface area contributed by atoms with Gasteiger partial charge in [-0.05, 0) is 85.5 Å². The van der Waals surface area contributed by atoms with E-state index in [-0.39, 0.29) is 17.8 Å². The first kappa shape index (κ1) is 22.2. The number of benzene rings is 2. The SMILES string of the molecule is CC(c1nc2ccc(C(=O)NC3COC3)cc2[nH]1)[C@H]1CC[C@@H](c2ccnc3ccc(F)cc32)CC1. The summed E-state index contributed by atoms with van der Waals surface area (Å²) in [7, 11) is 0. The van der Waals surface area contributed by atoms with Crippen molar-refractivity contribution in [2.24, 2.45) is 5.92 Å². The summed E-state index contributed by atoms with van der Waals surface area (Å²) < 4.78 is 19.0. The van der Waals surface area contributed by atoms with Gasteiger partial charge in [0.25, 0.3) is 5.91 Å². The Kier molecular flexibility index (Phi) is 5.72. The van der Waals surface area contributed by atoms with Gasteiger partial charge in [-0.2, -0.15) is 0 Å². The van der Waals surface area contributed by atoms with Gasteiger partial charge in [-0.15, -0.1) is 0 Å². The Labute approximate surface area is 203 Å². The van der Waals surface area contributed by atoms with Gasteiger partial charge in [-0.25, -0.2) is 9.37 Å². The Balaban J connectivity index is 1.15. The molecule has 7 heteroatoms. The fourth-order valence-electron chi connectivity index (χ4n) is 5.62. The number of amides is 1. The standard InChI is InChI=1S/C28H29FN4O2/c1-16(27-32-25-8-6-19(12-26(25)33-27)28(34)31-21-14-35-15-21)17-2-4-18(5-3-17)22-10-11-30-24-9-7-20(29)13-23(22)24/h6-13,16-18,21H,2-5,14-15H2,1H3,(H,31,34)(H,32,33)/t16?,17-,18+. The van der Waals surface area contributed by atoms with Gasteiger partial charge < -0.3 is 15.0 Å². The summed E-state index contributed by atoms with van der Waals surface area (Å²) in [6.07, 6.45) is 6.17. The van der Waals surface area contributed by atoms with Crippen molar-refractivity contribution in [2.75, 3.05) is 13.2 Å². The topological polar surface area (TPSA) is 79.9 Å². The molecule has 2 aliphatic rings. The molecule has 0 radical (unpaired) electrons. The van der Waals surface area contributed by atoms with E-state index in [1.165, 1.54) is 11.6 Å². The number of rotatable bonds is 5. The van der Waals surface area contributed by atoms with Crippen molar-refractivity contribution in [3.05, 3.63) is 71.4 Å². The first-order valence-corrected chi connectivity index (χ1v) is 12.5. The molecule has 1 amide bonds. The monoisotopic (exact) mass is 472 g/mol. The van der Waals surface area contributed by atoms with Gasteiger partial charge in [-0.1, -0.05) is 6.92 Å². The average molecular weight is 473 g/mol. The number of ether oxygens (including phenoxy) is 1. The lowest BCUT2D eigenvalue weighted by atomic mass is 9.73. The smallest absolute Gasteiger partial charge is 0.251 e. The van der Waals surface area contributed by atoms with E-state index in [0.717, 1.165) is 53.4 Å². The Morgan fingerprint density at radius 2 is 1.89 bits per heavy atom. The first-order chi connectivity index (χ1) is 17.0. The van der Waals surface area contributed by atoms with E-state index < -0.39 is 0 Å². The molecule has 4 aromatic rings. The molecular weight excluding hydrogens is 443 g/mol. The van der Waals surface area contributed by atoms with Crippen LogP contribution in [-0.2, 0) is 4.74 Å². The van der Waals surface area contributed by atoms with Crippen LogP contribution in [-0.4, -0.2) is 40.1 Å². The van der Waals surface area contributed by atoms with Crippen LogP contribution in [0.15, 0.2) is 48.7 Å². The minimum atomic E-state index is -0.211. The molecule has 6 nitrogen and oxygen atoms in total. The molecule has 2 N–H and O–H groups in total. The lowest BCUT2D eigenvalue weighted by molar-refractivity contribution is -0.00346. The number of carbonyl (C=O) groups excluding carboxylic acids is 1. The molecule has 1 saturated carbocycles. The van der Waals surface area contributed by atoms with E-state index >= 15 is 0 Å². The number of nitrogens with one attached hydrogen (secondary N) is 2. The van der Waals surface area contributed by atoms with Crippen LogP contribution in [0.3, 0.4) is 0 Å². The molecule has 2 aromatic carbocycles. The summed E-state index contributed by atoms with van der Waals surface area (Å²) in [5.74, 6) is 1.92. The molecule has 2 aromatic heterocycles. The van der Waals surface area contributed by atoms with Crippen LogP contribution in [0, 0.1) is 11.7 Å². The van der Waals surface area contributed by atoms with Gasteiger partial charge in [0.15, 0.2) is 0 Å². The van der Waals surface area contributed by atoms with Gasteiger partial charge in [0.2, 0.25) is 0 Å². The lowest BCUT2D eigenvalue weighted by Crippen LogP contribution is -2.48. The molecule has 1 saturated heterocycles. The van der Waals surface area contributed by atoms with Crippen LogP contribution in [0.25, 0.3) is 21.9 Å². The number of aromatic nitrogens is 3. The molecule has 0 bridgehead atoms. The molecule has 3 heterocycles. The van der Waals surface area contributed by atoms with E-state index in [4.69, 9.17) is 9.72 Å². The summed E-state index contributed by atoms with van der Waals surface area (Å²) in [5.41, 5.74) is 4.48. The van der Waals surface area contributed by atoms with Crippen LogP contribution in [0.4, 0.5) is 4.39 Å². The highest BCUT2D eigenvalue weighted by molar-refractivity contribution is 5.97. The number of fused-ring (bicyclic) bond motifs is 2. The van der Waals surface area contributed by atoms with Gasteiger partial charge in [0.05, 0.1) is 35.8 Å². The maximum Gasteiger partial charge on any atom is 0.251 e. The third kappa shape index (κ3) is 4.29. The third-order valence-electron chi connectivity index (χ3n) is 7.82. The highest BCUT2D eigenvalue weighted by Gasteiger charge is 2.29. The number of hydrogen-bond donors (Lipinski definition) is 2. The second-order valence-corrected chi connectivity index (χ2v) is 10.0. The number of H-pyrrole nitrogens is 1. The Bertz CT molecular complexity index is 1390. The number of nitrogens with zero attached hydrogens (tertiary/aromatic N) is 2. The average Bonchev–Trinajstić information content (AvgIpc) is 3.29. The number of aromatic amines is 1. The summed E-state index contributed by atoms with van der Waals surface area (Å²) in [6.45, 7) is 3.40.